The molecule has 0 aliphatic heterocycles. The molecule has 2 aromatic heterocycles. The summed E-state index contributed by atoms with van der Waals surface area (Å²) in [5, 5.41) is 0.936. The number of hydrogen-bond donors (Lipinski definition) is 1. The van der Waals surface area contributed by atoms with Crippen molar-refractivity contribution >= 4 is 31.5 Å². The summed E-state index contributed by atoms with van der Waals surface area (Å²) < 4.78 is 31.5. The fourth-order valence-corrected chi connectivity index (χ4v) is 3.49. The van der Waals surface area contributed by atoms with E-state index in [1.807, 2.05) is 12.1 Å². The zero-order valence-corrected chi connectivity index (χ0v) is 12.8. The predicted octanol–water partition coefficient (Wildman–Crippen LogP) is 2.11. The first kappa shape index (κ1) is 14.8. The maximum Gasteiger partial charge on any atom is 0.279 e. The number of rotatable bonds is 3. The lowest BCUT2D eigenvalue weighted by Crippen LogP contribution is -2.07. The van der Waals surface area contributed by atoms with Crippen molar-refractivity contribution in [3.63, 3.8) is 0 Å². The summed E-state index contributed by atoms with van der Waals surface area (Å²) in [6, 6.07) is 11.8. The van der Waals surface area contributed by atoms with Crippen LogP contribution in [0.3, 0.4) is 0 Å². The van der Waals surface area contributed by atoms with Crippen molar-refractivity contribution in [3.8, 4) is 10.7 Å². The molecule has 1 N–H and O–H groups in total. The summed E-state index contributed by atoms with van der Waals surface area (Å²) in [7, 11) is -4.16. The Balaban J connectivity index is 2.12. The van der Waals surface area contributed by atoms with Crippen LogP contribution in [0.25, 0.3) is 20.8 Å². The maximum atomic E-state index is 12.0. The highest BCUT2D eigenvalue weighted by atomic mass is 32.2. The van der Waals surface area contributed by atoms with Gasteiger partial charge < -0.3 is 0 Å². The lowest BCUT2D eigenvalue weighted by molar-refractivity contribution is 0.481. The van der Waals surface area contributed by atoms with Gasteiger partial charge in [-0.3, -0.25) is 9.35 Å². The third kappa shape index (κ3) is 3.19. The summed E-state index contributed by atoms with van der Waals surface area (Å²) in [4.78, 5) is 20.2. The molecule has 1 aromatic carbocycles. The van der Waals surface area contributed by atoms with Crippen LogP contribution in [0.5, 0.6) is 0 Å². The van der Waals surface area contributed by atoms with E-state index >= 15 is 0 Å². The normalized spacial score (nSPS) is 11.7. The van der Waals surface area contributed by atoms with E-state index in [0.717, 1.165) is 4.70 Å². The average Bonchev–Trinajstić information content (AvgIpc) is 2.46. The minimum atomic E-state index is -4.16. The molecule has 0 radical (unpaired) electrons. The molecule has 112 valence electrons. The second-order valence-electron chi connectivity index (χ2n) is 4.56. The van der Waals surface area contributed by atoms with Crippen LogP contribution < -0.4 is 5.56 Å². The van der Waals surface area contributed by atoms with Crippen LogP contribution in [0.4, 0.5) is 0 Å². The molecule has 0 unspecified atom stereocenters. The molecule has 0 aliphatic carbocycles. The Kier molecular flexibility index (Phi) is 3.73. The van der Waals surface area contributed by atoms with Gasteiger partial charge in [-0.05, 0) is 24.3 Å². The van der Waals surface area contributed by atoms with E-state index in [0.29, 0.717) is 16.1 Å². The number of hydrogen-bond acceptors (Lipinski definition) is 6. The zero-order chi connectivity index (χ0) is 15.7. The Labute approximate surface area is 129 Å². The fourth-order valence-electron chi connectivity index (χ4n) is 1.99. The van der Waals surface area contributed by atoms with Gasteiger partial charge in [-0.15, -0.1) is 11.3 Å². The van der Waals surface area contributed by atoms with Crippen molar-refractivity contribution in [2.24, 2.45) is 0 Å². The van der Waals surface area contributed by atoms with Crippen LogP contribution in [0, 0.1) is 0 Å². The van der Waals surface area contributed by atoms with Gasteiger partial charge in [-0.2, -0.15) is 13.4 Å². The van der Waals surface area contributed by atoms with E-state index in [4.69, 9.17) is 4.55 Å². The minimum Gasteiger partial charge on any atom is -0.285 e. The van der Waals surface area contributed by atoms with E-state index in [9.17, 15) is 13.2 Å². The number of pyridine rings is 1. The standard InChI is InChI=1S/C14H10N2O4S2/c17-13-10-5-1-2-7-12(10)21-14(16-13)11-6-3-4-9(15-11)8-22(18,19)20/h1-7H,8H2,(H,18,19,20). The summed E-state index contributed by atoms with van der Waals surface area (Å²) in [6.45, 7) is 0. The van der Waals surface area contributed by atoms with Gasteiger partial charge in [0.15, 0.2) is 0 Å². The van der Waals surface area contributed by atoms with E-state index in [1.165, 1.54) is 17.4 Å². The molecule has 0 saturated heterocycles. The van der Waals surface area contributed by atoms with Crippen molar-refractivity contribution < 1.29 is 13.0 Å². The highest BCUT2D eigenvalue weighted by Gasteiger charge is 2.11. The molecular weight excluding hydrogens is 324 g/mol. The number of aromatic nitrogens is 2. The second-order valence-corrected chi connectivity index (χ2v) is 7.04. The molecule has 0 fully saturated rings. The van der Waals surface area contributed by atoms with E-state index in [1.54, 1.807) is 24.3 Å². The molecule has 3 rings (SSSR count). The first-order valence-electron chi connectivity index (χ1n) is 6.24. The molecule has 0 aliphatic rings. The molecule has 0 bridgehead atoms. The van der Waals surface area contributed by atoms with Gasteiger partial charge in [0.05, 0.1) is 16.8 Å². The molecule has 0 saturated carbocycles. The van der Waals surface area contributed by atoms with Crippen LogP contribution in [-0.2, 0) is 15.9 Å². The Morgan fingerprint density at radius 2 is 1.82 bits per heavy atom. The second kappa shape index (κ2) is 5.56. The highest BCUT2D eigenvalue weighted by Crippen LogP contribution is 2.24. The number of fused-ring (bicyclic) bond motifs is 1. The number of benzene rings is 1. The molecule has 8 heteroatoms. The van der Waals surface area contributed by atoms with Crippen LogP contribution in [0.1, 0.15) is 5.69 Å². The topological polar surface area (TPSA) is 97.2 Å². The highest BCUT2D eigenvalue weighted by molar-refractivity contribution is 7.85. The van der Waals surface area contributed by atoms with Gasteiger partial charge >= 0.3 is 0 Å². The Morgan fingerprint density at radius 3 is 2.59 bits per heavy atom. The molecule has 2 heterocycles. The van der Waals surface area contributed by atoms with Crippen molar-refractivity contribution in [3.05, 3.63) is 58.5 Å². The van der Waals surface area contributed by atoms with Gasteiger partial charge in [-0.1, -0.05) is 18.2 Å². The lowest BCUT2D eigenvalue weighted by atomic mass is 10.3. The van der Waals surface area contributed by atoms with Crippen molar-refractivity contribution in [2.75, 3.05) is 0 Å². The Morgan fingerprint density at radius 1 is 1.05 bits per heavy atom. The van der Waals surface area contributed by atoms with Gasteiger partial charge in [0.2, 0.25) is 0 Å². The summed E-state index contributed by atoms with van der Waals surface area (Å²) >= 11 is 1.30. The van der Waals surface area contributed by atoms with Gasteiger partial charge in [0.25, 0.3) is 15.7 Å². The van der Waals surface area contributed by atoms with Crippen molar-refractivity contribution in [2.45, 2.75) is 5.75 Å². The molecule has 0 spiro atoms. The monoisotopic (exact) mass is 334 g/mol. The molecular formula is C14H10N2O4S2. The van der Waals surface area contributed by atoms with E-state index in [-0.39, 0.29) is 11.3 Å². The van der Waals surface area contributed by atoms with Gasteiger partial charge in [0.1, 0.15) is 10.8 Å². The first-order chi connectivity index (χ1) is 10.4. The molecule has 0 amide bonds. The molecule has 0 atom stereocenters. The van der Waals surface area contributed by atoms with Gasteiger partial charge in [-0.25, -0.2) is 4.98 Å². The average molecular weight is 334 g/mol. The summed E-state index contributed by atoms with van der Waals surface area (Å²) in [6.07, 6.45) is 0. The Bertz CT molecular complexity index is 1010. The first-order valence-corrected chi connectivity index (χ1v) is 8.66. The molecule has 6 nitrogen and oxygen atoms in total. The van der Waals surface area contributed by atoms with E-state index in [2.05, 4.69) is 9.97 Å². The molecule has 22 heavy (non-hydrogen) atoms. The Hall–Kier alpha value is -2.16. The van der Waals surface area contributed by atoms with Crippen LogP contribution >= 0.6 is 11.3 Å². The zero-order valence-electron chi connectivity index (χ0n) is 11.1. The SMILES string of the molecule is O=c1nc(-c2cccc(CS(=O)(=O)O)n2)sc2ccccc12. The maximum absolute atomic E-state index is 12.0. The van der Waals surface area contributed by atoms with Crippen molar-refractivity contribution in [1.29, 1.82) is 0 Å². The van der Waals surface area contributed by atoms with Crippen LogP contribution in [0.2, 0.25) is 0 Å². The van der Waals surface area contributed by atoms with Crippen molar-refractivity contribution in [1.82, 2.24) is 9.97 Å². The van der Waals surface area contributed by atoms with E-state index < -0.39 is 15.9 Å². The smallest absolute Gasteiger partial charge is 0.279 e. The number of nitrogens with zero attached hydrogens (tertiary/aromatic N) is 2. The third-order valence-electron chi connectivity index (χ3n) is 2.88. The minimum absolute atomic E-state index is 0.189. The predicted molar refractivity (Wildman–Crippen MR) is 84.4 cm³/mol. The third-order valence-corrected chi connectivity index (χ3v) is 4.61. The molecule has 3 aromatic rings. The lowest BCUT2D eigenvalue weighted by Gasteiger charge is -2.03. The summed E-state index contributed by atoms with van der Waals surface area (Å²) in [5.41, 5.74) is 0.231. The summed E-state index contributed by atoms with van der Waals surface area (Å²) in [5.74, 6) is -0.580. The van der Waals surface area contributed by atoms with Gasteiger partial charge in [0, 0.05) is 4.70 Å². The van der Waals surface area contributed by atoms with Crippen LogP contribution in [-0.4, -0.2) is 22.9 Å². The quantitative estimate of drug-likeness (QED) is 0.737. The largest absolute Gasteiger partial charge is 0.285 e. The fraction of sp³-hybridized carbons (Fsp3) is 0.0714. The van der Waals surface area contributed by atoms with Crippen LogP contribution in [0.15, 0.2) is 47.3 Å².